The van der Waals surface area contributed by atoms with Crippen LogP contribution in [0.1, 0.15) is 17.2 Å². The summed E-state index contributed by atoms with van der Waals surface area (Å²) >= 11 is 0. The maximum absolute atomic E-state index is 13.4. The summed E-state index contributed by atoms with van der Waals surface area (Å²) in [5.41, 5.74) is 1.65. The van der Waals surface area contributed by atoms with Gasteiger partial charge in [-0.2, -0.15) is 0 Å². The molecule has 31 heavy (non-hydrogen) atoms. The number of halogens is 1. The van der Waals surface area contributed by atoms with Crippen LogP contribution < -0.4 is 19.5 Å². The van der Waals surface area contributed by atoms with Gasteiger partial charge < -0.3 is 24.3 Å². The van der Waals surface area contributed by atoms with E-state index >= 15 is 0 Å². The van der Waals surface area contributed by atoms with E-state index in [4.69, 9.17) is 18.9 Å². The fourth-order valence-corrected chi connectivity index (χ4v) is 3.78. The van der Waals surface area contributed by atoms with Crippen molar-refractivity contribution in [2.45, 2.75) is 12.5 Å². The van der Waals surface area contributed by atoms with Crippen molar-refractivity contribution < 1.29 is 28.1 Å². The first-order valence-corrected chi connectivity index (χ1v) is 10.2. The number of hydrogen-bond donors (Lipinski definition) is 1. The monoisotopic (exact) mass is 432 g/mol. The zero-order valence-electron chi connectivity index (χ0n) is 18.2. The van der Waals surface area contributed by atoms with Gasteiger partial charge in [0.15, 0.2) is 11.5 Å². The minimum atomic E-state index is -0.283. The van der Waals surface area contributed by atoms with E-state index in [9.17, 15) is 9.18 Å². The van der Waals surface area contributed by atoms with Crippen LogP contribution in [0.3, 0.4) is 0 Å². The Bertz CT molecular complexity index is 869. The molecule has 0 saturated carbocycles. The van der Waals surface area contributed by atoms with Crippen molar-refractivity contribution in [3.63, 3.8) is 0 Å². The molecule has 1 aliphatic rings. The van der Waals surface area contributed by atoms with Gasteiger partial charge in [0.25, 0.3) is 0 Å². The minimum Gasteiger partial charge on any atom is -0.493 e. The summed E-state index contributed by atoms with van der Waals surface area (Å²) in [4.78, 5) is 15.0. The van der Waals surface area contributed by atoms with Crippen LogP contribution in [0.2, 0.25) is 0 Å². The second-order valence-electron chi connectivity index (χ2n) is 7.19. The molecule has 0 spiro atoms. The Hall–Kier alpha value is -2.84. The van der Waals surface area contributed by atoms with E-state index in [1.165, 1.54) is 26.4 Å². The maximum atomic E-state index is 13.4. The number of benzene rings is 2. The predicted octanol–water partition coefficient (Wildman–Crippen LogP) is 2.58. The molecule has 1 heterocycles. The highest BCUT2D eigenvalue weighted by Crippen LogP contribution is 2.39. The van der Waals surface area contributed by atoms with Crippen LogP contribution in [0.5, 0.6) is 17.2 Å². The molecule has 3 rings (SSSR count). The first-order valence-electron chi connectivity index (χ1n) is 10.2. The van der Waals surface area contributed by atoms with Crippen LogP contribution in [-0.4, -0.2) is 65.0 Å². The molecule has 1 saturated heterocycles. The van der Waals surface area contributed by atoms with Gasteiger partial charge in [0.2, 0.25) is 11.7 Å². The van der Waals surface area contributed by atoms with Gasteiger partial charge in [-0.05, 0) is 23.8 Å². The fourth-order valence-electron chi connectivity index (χ4n) is 3.78. The number of carbonyl (C=O) groups excluding carboxylic acids is 1. The smallest absolute Gasteiger partial charge is 0.224 e. The molecule has 1 atom stereocenters. The van der Waals surface area contributed by atoms with Crippen molar-refractivity contribution >= 4 is 5.91 Å². The molecule has 0 bridgehead atoms. The molecule has 0 radical (unpaired) electrons. The average Bonchev–Trinajstić information content (AvgIpc) is 2.80. The van der Waals surface area contributed by atoms with Crippen LogP contribution >= 0.6 is 0 Å². The first-order chi connectivity index (χ1) is 15.1. The van der Waals surface area contributed by atoms with Gasteiger partial charge in [-0.1, -0.05) is 18.2 Å². The Morgan fingerprint density at radius 1 is 1.03 bits per heavy atom. The highest BCUT2D eigenvalue weighted by molar-refractivity contribution is 5.80. The first kappa shape index (κ1) is 22.8. The number of nitrogens with one attached hydrogen (secondary N) is 1. The molecular weight excluding hydrogens is 403 g/mol. The van der Waals surface area contributed by atoms with E-state index in [2.05, 4.69) is 10.2 Å². The molecule has 2 aromatic rings. The molecule has 1 N–H and O–H groups in total. The van der Waals surface area contributed by atoms with Gasteiger partial charge in [0, 0.05) is 25.2 Å². The van der Waals surface area contributed by atoms with Gasteiger partial charge >= 0.3 is 0 Å². The summed E-state index contributed by atoms with van der Waals surface area (Å²) in [6.45, 7) is 3.17. The van der Waals surface area contributed by atoms with E-state index in [0.717, 1.165) is 18.7 Å². The van der Waals surface area contributed by atoms with Crippen LogP contribution in [0.4, 0.5) is 4.39 Å². The standard InChI is InChI=1S/C23H29FN2O5/c1-28-20-9-6-17(22(29-2)23(20)30-3)14-21(27)25-15-19(26-10-12-31-13-11-26)16-4-7-18(24)8-5-16/h4-9,19H,10-15H2,1-3H3,(H,25,27). The number of rotatable bonds is 9. The summed E-state index contributed by atoms with van der Waals surface area (Å²) in [6, 6.07) is 9.88. The number of carbonyl (C=O) groups is 1. The lowest BCUT2D eigenvalue weighted by atomic mass is 10.0. The Kier molecular flexibility index (Phi) is 8.08. The fraction of sp³-hybridized carbons (Fsp3) is 0.435. The van der Waals surface area contributed by atoms with Crippen molar-refractivity contribution in [1.82, 2.24) is 10.2 Å². The minimum absolute atomic E-state index is 0.0688. The third-order valence-corrected chi connectivity index (χ3v) is 5.37. The Balaban J connectivity index is 1.72. The lowest BCUT2D eigenvalue weighted by Crippen LogP contribution is -2.44. The molecule has 1 fully saturated rings. The summed E-state index contributed by atoms with van der Waals surface area (Å²) < 4.78 is 35.0. The molecule has 8 heteroatoms. The molecule has 0 aliphatic carbocycles. The van der Waals surface area contributed by atoms with E-state index in [0.29, 0.717) is 42.6 Å². The molecular formula is C23H29FN2O5. The normalized spacial score (nSPS) is 15.2. The summed E-state index contributed by atoms with van der Waals surface area (Å²) in [5, 5.41) is 3.02. The van der Waals surface area contributed by atoms with Crippen molar-refractivity contribution in [3.05, 3.63) is 53.3 Å². The molecule has 7 nitrogen and oxygen atoms in total. The van der Waals surface area contributed by atoms with E-state index < -0.39 is 0 Å². The van der Waals surface area contributed by atoms with E-state index in [-0.39, 0.29) is 24.2 Å². The third kappa shape index (κ3) is 5.65. The Labute approximate surface area is 182 Å². The van der Waals surface area contributed by atoms with E-state index in [1.807, 2.05) is 0 Å². The second kappa shape index (κ2) is 11.0. The number of amides is 1. The van der Waals surface area contributed by atoms with Crippen molar-refractivity contribution in [2.24, 2.45) is 0 Å². The summed E-state index contributed by atoms with van der Waals surface area (Å²) in [6.07, 6.45) is 0.128. The lowest BCUT2D eigenvalue weighted by molar-refractivity contribution is -0.120. The SMILES string of the molecule is COc1ccc(CC(=O)NCC(c2ccc(F)cc2)N2CCOCC2)c(OC)c1OC. The van der Waals surface area contributed by atoms with Crippen LogP contribution in [0, 0.1) is 5.82 Å². The van der Waals surface area contributed by atoms with Crippen LogP contribution in [0.25, 0.3) is 0 Å². The lowest BCUT2D eigenvalue weighted by Gasteiger charge is -2.35. The zero-order valence-corrected chi connectivity index (χ0v) is 18.2. The Morgan fingerprint density at radius 3 is 2.32 bits per heavy atom. The molecule has 1 aliphatic heterocycles. The number of nitrogens with zero attached hydrogens (tertiary/aromatic N) is 1. The third-order valence-electron chi connectivity index (χ3n) is 5.37. The topological polar surface area (TPSA) is 69.3 Å². The van der Waals surface area contributed by atoms with Gasteiger partial charge in [-0.15, -0.1) is 0 Å². The number of hydrogen-bond acceptors (Lipinski definition) is 6. The van der Waals surface area contributed by atoms with Crippen molar-refractivity contribution in [1.29, 1.82) is 0 Å². The second-order valence-corrected chi connectivity index (χ2v) is 7.19. The Morgan fingerprint density at radius 2 is 1.71 bits per heavy atom. The number of methoxy groups -OCH3 is 3. The molecule has 168 valence electrons. The van der Waals surface area contributed by atoms with Gasteiger partial charge in [0.05, 0.1) is 47.0 Å². The molecule has 1 unspecified atom stereocenters. The number of ether oxygens (including phenoxy) is 4. The van der Waals surface area contributed by atoms with Gasteiger partial charge in [-0.25, -0.2) is 4.39 Å². The maximum Gasteiger partial charge on any atom is 0.224 e. The number of morpholine rings is 1. The predicted molar refractivity (Wildman–Crippen MR) is 114 cm³/mol. The van der Waals surface area contributed by atoms with Crippen LogP contribution in [-0.2, 0) is 16.0 Å². The van der Waals surface area contributed by atoms with Crippen molar-refractivity contribution in [2.75, 3.05) is 54.2 Å². The average molecular weight is 432 g/mol. The highest BCUT2D eigenvalue weighted by Gasteiger charge is 2.24. The molecule has 0 aromatic heterocycles. The van der Waals surface area contributed by atoms with E-state index in [1.54, 1.807) is 31.4 Å². The molecule has 2 aromatic carbocycles. The van der Waals surface area contributed by atoms with Gasteiger partial charge in [0.1, 0.15) is 5.82 Å². The largest absolute Gasteiger partial charge is 0.493 e. The zero-order chi connectivity index (χ0) is 22.2. The highest BCUT2D eigenvalue weighted by atomic mass is 19.1. The van der Waals surface area contributed by atoms with Crippen molar-refractivity contribution in [3.8, 4) is 17.2 Å². The molecule has 1 amide bonds. The summed E-state index contributed by atoms with van der Waals surface area (Å²) in [7, 11) is 4.60. The quantitative estimate of drug-likeness (QED) is 0.657. The van der Waals surface area contributed by atoms with Gasteiger partial charge in [-0.3, -0.25) is 9.69 Å². The summed E-state index contributed by atoms with van der Waals surface area (Å²) in [5.74, 6) is 1.03. The van der Waals surface area contributed by atoms with Crippen LogP contribution in [0.15, 0.2) is 36.4 Å².